The summed E-state index contributed by atoms with van der Waals surface area (Å²) in [5.74, 6) is 1.80. The molecule has 3 saturated heterocycles. The number of likely N-dealkylation sites (tertiary alicyclic amines) is 2. The number of nitrogens with zero attached hydrogens (tertiary/aromatic N) is 4. The molecule has 154 valence electrons. The Labute approximate surface area is 167 Å². The Hall–Kier alpha value is -1.73. The minimum absolute atomic E-state index is 0.299. The smallest absolute Gasteiger partial charge is 0.222 e. The quantitative estimate of drug-likeness (QED) is 0.738. The molecule has 7 nitrogen and oxygen atoms in total. The summed E-state index contributed by atoms with van der Waals surface area (Å²) in [5.41, 5.74) is 1.17. The van der Waals surface area contributed by atoms with Gasteiger partial charge in [-0.25, -0.2) is 9.97 Å². The Balaban J connectivity index is 1.14. The van der Waals surface area contributed by atoms with Crippen LogP contribution in [0.5, 0.6) is 0 Å². The molecule has 3 fully saturated rings. The van der Waals surface area contributed by atoms with Crippen LogP contribution in [0.1, 0.15) is 50.5 Å². The number of rotatable bonds is 8. The van der Waals surface area contributed by atoms with Crippen molar-refractivity contribution in [2.45, 2.75) is 57.6 Å². The summed E-state index contributed by atoms with van der Waals surface area (Å²) in [4.78, 5) is 25.2. The average molecular weight is 388 g/mol. The molecular weight excluding hydrogens is 354 g/mol. The molecule has 1 aromatic heterocycles. The number of carbonyl (C=O) groups excluding carboxylic acids is 1. The largest absolute Gasteiger partial charge is 0.376 e. The number of hydrogen-bond acceptors (Lipinski definition) is 6. The van der Waals surface area contributed by atoms with E-state index in [0.717, 1.165) is 83.9 Å². The van der Waals surface area contributed by atoms with Crippen LogP contribution >= 0.6 is 0 Å². The van der Waals surface area contributed by atoms with Gasteiger partial charge in [0, 0.05) is 57.2 Å². The van der Waals surface area contributed by atoms with E-state index in [4.69, 9.17) is 4.74 Å². The molecule has 0 radical (unpaired) electrons. The monoisotopic (exact) mass is 387 g/mol. The van der Waals surface area contributed by atoms with Crippen molar-refractivity contribution in [2.24, 2.45) is 5.92 Å². The zero-order valence-corrected chi connectivity index (χ0v) is 16.8. The van der Waals surface area contributed by atoms with Gasteiger partial charge < -0.3 is 15.0 Å². The molecule has 4 rings (SSSR count). The maximum atomic E-state index is 11.7. The number of piperidine rings is 1. The summed E-state index contributed by atoms with van der Waals surface area (Å²) in [7, 11) is 0. The maximum absolute atomic E-state index is 11.7. The Kier molecular flexibility index (Phi) is 6.75. The van der Waals surface area contributed by atoms with E-state index in [0.29, 0.717) is 18.0 Å². The van der Waals surface area contributed by atoms with E-state index >= 15 is 0 Å². The van der Waals surface area contributed by atoms with Crippen molar-refractivity contribution >= 4 is 11.9 Å². The molecule has 0 spiro atoms. The van der Waals surface area contributed by atoms with Gasteiger partial charge in [-0.3, -0.25) is 9.69 Å². The number of hydrogen-bond donors (Lipinski definition) is 1. The number of ether oxygens (including phenoxy) is 1. The summed E-state index contributed by atoms with van der Waals surface area (Å²) in [6, 6.07) is 0. The maximum Gasteiger partial charge on any atom is 0.222 e. The van der Waals surface area contributed by atoms with Gasteiger partial charge in [0.15, 0.2) is 0 Å². The lowest BCUT2D eigenvalue weighted by Crippen LogP contribution is -2.35. The van der Waals surface area contributed by atoms with Crippen molar-refractivity contribution in [3.05, 3.63) is 18.0 Å². The molecule has 0 unspecified atom stereocenters. The summed E-state index contributed by atoms with van der Waals surface area (Å²) >= 11 is 0. The van der Waals surface area contributed by atoms with Crippen molar-refractivity contribution in [1.82, 2.24) is 19.8 Å². The van der Waals surface area contributed by atoms with Gasteiger partial charge >= 0.3 is 0 Å². The molecule has 1 amide bonds. The predicted octanol–water partition coefficient (Wildman–Crippen LogP) is 2.29. The fraction of sp³-hybridized carbons (Fsp3) is 0.762. The van der Waals surface area contributed by atoms with Gasteiger partial charge in [0.25, 0.3) is 0 Å². The Bertz CT molecular complexity index is 624. The van der Waals surface area contributed by atoms with Crippen LogP contribution in [0.15, 0.2) is 12.4 Å². The van der Waals surface area contributed by atoms with Crippen LogP contribution in [0.2, 0.25) is 0 Å². The highest BCUT2D eigenvalue weighted by Gasteiger charge is 2.23. The van der Waals surface area contributed by atoms with Crippen LogP contribution in [0.25, 0.3) is 0 Å². The van der Waals surface area contributed by atoms with E-state index in [1.165, 1.54) is 18.4 Å². The lowest BCUT2D eigenvalue weighted by atomic mass is 9.93. The predicted molar refractivity (Wildman–Crippen MR) is 108 cm³/mol. The first kappa shape index (κ1) is 19.6. The van der Waals surface area contributed by atoms with E-state index in [-0.39, 0.29) is 0 Å². The topological polar surface area (TPSA) is 70.6 Å². The molecule has 0 saturated carbocycles. The lowest BCUT2D eigenvalue weighted by Gasteiger charge is -2.32. The van der Waals surface area contributed by atoms with Crippen molar-refractivity contribution in [2.75, 3.05) is 44.6 Å². The van der Waals surface area contributed by atoms with Gasteiger partial charge in [-0.2, -0.15) is 0 Å². The zero-order valence-electron chi connectivity index (χ0n) is 16.8. The number of aromatic nitrogens is 2. The molecule has 1 N–H and O–H groups in total. The first-order valence-corrected chi connectivity index (χ1v) is 10.9. The summed E-state index contributed by atoms with van der Waals surface area (Å²) in [5, 5.41) is 3.27. The second-order valence-corrected chi connectivity index (χ2v) is 8.42. The van der Waals surface area contributed by atoms with E-state index in [2.05, 4.69) is 25.1 Å². The van der Waals surface area contributed by atoms with Crippen molar-refractivity contribution in [1.29, 1.82) is 0 Å². The molecule has 4 heterocycles. The number of amides is 1. The highest BCUT2D eigenvalue weighted by molar-refractivity contribution is 5.77. The van der Waals surface area contributed by atoms with E-state index in [1.807, 2.05) is 12.4 Å². The van der Waals surface area contributed by atoms with E-state index in [9.17, 15) is 4.79 Å². The van der Waals surface area contributed by atoms with E-state index < -0.39 is 0 Å². The van der Waals surface area contributed by atoms with Crippen LogP contribution < -0.4 is 5.32 Å². The third-order valence-corrected chi connectivity index (χ3v) is 6.31. The van der Waals surface area contributed by atoms with Gasteiger partial charge in [-0.15, -0.1) is 0 Å². The molecule has 3 aliphatic heterocycles. The third-order valence-electron chi connectivity index (χ3n) is 6.31. The first-order chi connectivity index (χ1) is 13.8. The van der Waals surface area contributed by atoms with E-state index in [1.54, 1.807) is 0 Å². The number of anilines is 1. The molecule has 7 heteroatoms. The normalized spacial score (nSPS) is 24.2. The van der Waals surface area contributed by atoms with Gasteiger partial charge in [0.2, 0.25) is 11.9 Å². The van der Waals surface area contributed by atoms with Crippen LogP contribution in [0.3, 0.4) is 0 Å². The van der Waals surface area contributed by atoms with Crippen molar-refractivity contribution in [3.8, 4) is 0 Å². The van der Waals surface area contributed by atoms with Crippen molar-refractivity contribution in [3.63, 3.8) is 0 Å². The number of nitrogens with one attached hydrogen (secondary N) is 1. The first-order valence-electron chi connectivity index (χ1n) is 10.9. The van der Waals surface area contributed by atoms with Crippen molar-refractivity contribution < 1.29 is 9.53 Å². The van der Waals surface area contributed by atoms with Gasteiger partial charge in [0.05, 0.1) is 6.10 Å². The molecule has 3 aliphatic rings. The Morgan fingerprint density at radius 2 is 1.93 bits per heavy atom. The highest BCUT2D eigenvalue weighted by Crippen LogP contribution is 2.23. The van der Waals surface area contributed by atoms with Gasteiger partial charge in [-0.1, -0.05) is 0 Å². The summed E-state index contributed by atoms with van der Waals surface area (Å²) < 4.78 is 5.61. The standard InChI is InChI=1S/C21H33N5O2/c27-20-4-1-8-26(20)11-7-17-5-9-25(10-6-17)16-18-13-22-21(23-14-18)24-15-19-3-2-12-28-19/h13-14,17,19H,1-12,15-16H2,(H,22,23,24)/t19-/m1/s1. The summed E-state index contributed by atoms with van der Waals surface area (Å²) in [6.45, 7) is 6.75. The van der Waals surface area contributed by atoms with Crippen LogP contribution in [-0.2, 0) is 16.1 Å². The SMILES string of the molecule is O=C1CCCN1CCC1CCN(Cc2cnc(NC[C@H]3CCCO3)nc2)CC1. The molecule has 1 aromatic rings. The van der Waals surface area contributed by atoms with Crippen LogP contribution in [0, 0.1) is 5.92 Å². The van der Waals surface area contributed by atoms with Gasteiger partial charge in [-0.05, 0) is 57.5 Å². The zero-order chi connectivity index (χ0) is 19.2. The number of carbonyl (C=O) groups is 1. The minimum atomic E-state index is 0.299. The Morgan fingerprint density at radius 1 is 1.11 bits per heavy atom. The summed E-state index contributed by atoms with van der Waals surface area (Å²) in [6.07, 6.45) is 11.9. The highest BCUT2D eigenvalue weighted by atomic mass is 16.5. The molecular formula is C21H33N5O2. The molecule has 1 atom stereocenters. The second kappa shape index (κ2) is 9.65. The average Bonchev–Trinajstić information content (AvgIpc) is 3.39. The molecule has 0 aliphatic carbocycles. The van der Waals surface area contributed by atoms with Gasteiger partial charge in [0.1, 0.15) is 0 Å². The molecule has 0 bridgehead atoms. The molecule has 0 aromatic carbocycles. The van der Waals surface area contributed by atoms with Crippen LogP contribution in [0.4, 0.5) is 5.95 Å². The lowest BCUT2D eigenvalue weighted by molar-refractivity contribution is -0.127. The third kappa shape index (κ3) is 5.41. The Morgan fingerprint density at radius 3 is 2.61 bits per heavy atom. The minimum Gasteiger partial charge on any atom is -0.376 e. The fourth-order valence-corrected chi connectivity index (χ4v) is 4.51. The van der Waals surface area contributed by atoms with Crippen LogP contribution in [-0.4, -0.2) is 71.1 Å². The molecule has 28 heavy (non-hydrogen) atoms. The second-order valence-electron chi connectivity index (χ2n) is 8.42. The fourth-order valence-electron chi connectivity index (χ4n) is 4.51.